The van der Waals surface area contributed by atoms with E-state index < -0.39 is 0 Å². The Kier molecular flexibility index (Phi) is 4.45. The number of benzene rings is 1. The van der Waals surface area contributed by atoms with Crippen molar-refractivity contribution in [2.75, 3.05) is 7.11 Å². The standard InChI is InChI=1S/C19H25N3O3/c1-6-22-12(2)15(11-20-22)18(23)21-16-10-19(3,4)25-17-9-13(24-5)7-8-14(16)17/h7-9,11,16H,6,10H2,1-5H3,(H,21,23)/t16-/m0/s1. The van der Waals surface area contributed by atoms with Crippen LogP contribution < -0.4 is 14.8 Å². The second kappa shape index (κ2) is 6.43. The average molecular weight is 343 g/mol. The number of hydrogen-bond acceptors (Lipinski definition) is 4. The molecule has 6 nitrogen and oxygen atoms in total. The molecule has 0 spiro atoms. The minimum atomic E-state index is -0.375. The van der Waals surface area contributed by atoms with Crippen LogP contribution in [0, 0.1) is 6.92 Å². The Morgan fingerprint density at radius 3 is 2.88 bits per heavy atom. The van der Waals surface area contributed by atoms with Gasteiger partial charge in [0.1, 0.15) is 17.1 Å². The smallest absolute Gasteiger partial charge is 0.255 e. The number of nitrogens with one attached hydrogen (secondary N) is 1. The van der Waals surface area contributed by atoms with Gasteiger partial charge in [-0.15, -0.1) is 0 Å². The van der Waals surface area contributed by atoms with Gasteiger partial charge in [-0.2, -0.15) is 5.10 Å². The lowest BCUT2D eigenvalue weighted by Crippen LogP contribution is -2.41. The summed E-state index contributed by atoms with van der Waals surface area (Å²) >= 11 is 0. The zero-order valence-corrected chi connectivity index (χ0v) is 15.4. The summed E-state index contributed by atoms with van der Waals surface area (Å²) in [6.07, 6.45) is 2.33. The SMILES string of the molecule is CCn1ncc(C(=O)N[C@H]2CC(C)(C)Oc3cc(OC)ccc32)c1C. The largest absolute Gasteiger partial charge is 0.497 e. The number of carbonyl (C=O) groups excluding carboxylic acids is 1. The van der Waals surface area contributed by atoms with Gasteiger partial charge < -0.3 is 14.8 Å². The van der Waals surface area contributed by atoms with Gasteiger partial charge in [0, 0.05) is 30.3 Å². The molecule has 0 aliphatic carbocycles. The van der Waals surface area contributed by atoms with Crippen LogP contribution in [0.2, 0.25) is 0 Å². The summed E-state index contributed by atoms with van der Waals surface area (Å²) in [6, 6.07) is 5.59. The Hall–Kier alpha value is -2.50. The fourth-order valence-electron chi connectivity index (χ4n) is 3.31. The van der Waals surface area contributed by atoms with Crippen LogP contribution in [-0.4, -0.2) is 28.4 Å². The number of hydrogen-bond donors (Lipinski definition) is 1. The number of carbonyl (C=O) groups is 1. The van der Waals surface area contributed by atoms with E-state index in [1.54, 1.807) is 13.3 Å². The summed E-state index contributed by atoms with van der Waals surface area (Å²) < 4.78 is 13.2. The number of nitrogens with zero attached hydrogens (tertiary/aromatic N) is 2. The lowest BCUT2D eigenvalue weighted by molar-refractivity contribution is 0.0617. The molecule has 0 radical (unpaired) electrons. The zero-order valence-electron chi connectivity index (χ0n) is 15.4. The second-order valence-electron chi connectivity index (χ2n) is 6.96. The highest BCUT2D eigenvalue weighted by Crippen LogP contribution is 2.41. The molecule has 0 unspecified atom stereocenters. The predicted octanol–water partition coefficient (Wildman–Crippen LogP) is 3.25. The van der Waals surface area contributed by atoms with Crippen molar-refractivity contribution in [3.63, 3.8) is 0 Å². The van der Waals surface area contributed by atoms with Gasteiger partial charge in [0.05, 0.1) is 24.9 Å². The first-order chi connectivity index (χ1) is 11.8. The lowest BCUT2D eigenvalue weighted by atomic mass is 9.89. The first kappa shape index (κ1) is 17.3. The fraction of sp³-hybridized carbons (Fsp3) is 0.474. The Labute approximate surface area is 148 Å². The summed E-state index contributed by atoms with van der Waals surface area (Å²) in [4.78, 5) is 12.8. The number of ether oxygens (including phenoxy) is 2. The van der Waals surface area contributed by atoms with Crippen LogP contribution in [-0.2, 0) is 6.54 Å². The summed E-state index contributed by atoms with van der Waals surface area (Å²) in [6.45, 7) is 8.71. The predicted molar refractivity (Wildman–Crippen MR) is 95.2 cm³/mol. The molecular formula is C19H25N3O3. The van der Waals surface area contributed by atoms with E-state index in [4.69, 9.17) is 9.47 Å². The van der Waals surface area contributed by atoms with E-state index in [-0.39, 0.29) is 17.6 Å². The second-order valence-corrected chi connectivity index (χ2v) is 6.96. The van der Waals surface area contributed by atoms with Gasteiger partial charge in [0.15, 0.2) is 0 Å². The maximum Gasteiger partial charge on any atom is 0.255 e. The van der Waals surface area contributed by atoms with Crippen LogP contribution in [0.3, 0.4) is 0 Å². The fourth-order valence-corrected chi connectivity index (χ4v) is 3.31. The van der Waals surface area contributed by atoms with E-state index in [9.17, 15) is 4.79 Å². The molecule has 6 heteroatoms. The van der Waals surface area contributed by atoms with Crippen molar-refractivity contribution in [2.45, 2.75) is 52.3 Å². The number of amides is 1. The van der Waals surface area contributed by atoms with Crippen molar-refractivity contribution in [1.29, 1.82) is 0 Å². The molecule has 25 heavy (non-hydrogen) atoms. The molecule has 0 bridgehead atoms. The van der Waals surface area contributed by atoms with Crippen molar-refractivity contribution in [1.82, 2.24) is 15.1 Å². The van der Waals surface area contributed by atoms with Gasteiger partial charge in [0.2, 0.25) is 0 Å². The molecule has 134 valence electrons. The van der Waals surface area contributed by atoms with E-state index in [1.165, 1.54) is 0 Å². The van der Waals surface area contributed by atoms with Gasteiger partial charge in [-0.1, -0.05) is 0 Å². The van der Waals surface area contributed by atoms with E-state index in [0.29, 0.717) is 12.0 Å². The Morgan fingerprint density at radius 2 is 2.24 bits per heavy atom. The molecule has 1 N–H and O–H groups in total. The summed E-state index contributed by atoms with van der Waals surface area (Å²) in [7, 11) is 1.63. The molecule has 0 saturated heterocycles. The average Bonchev–Trinajstić information content (AvgIpc) is 2.93. The minimum absolute atomic E-state index is 0.110. The third-order valence-corrected chi connectivity index (χ3v) is 4.63. The molecular weight excluding hydrogens is 318 g/mol. The first-order valence-electron chi connectivity index (χ1n) is 8.55. The molecule has 2 aromatic rings. The molecule has 2 heterocycles. The van der Waals surface area contributed by atoms with Crippen LogP contribution >= 0.6 is 0 Å². The van der Waals surface area contributed by atoms with Crippen LogP contribution in [0.1, 0.15) is 54.8 Å². The van der Waals surface area contributed by atoms with Gasteiger partial charge in [0.25, 0.3) is 5.91 Å². The maximum absolute atomic E-state index is 12.8. The summed E-state index contributed by atoms with van der Waals surface area (Å²) in [5.74, 6) is 1.38. The van der Waals surface area contributed by atoms with E-state index >= 15 is 0 Å². The maximum atomic E-state index is 12.8. The molecule has 1 aromatic heterocycles. The van der Waals surface area contributed by atoms with Crippen molar-refractivity contribution < 1.29 is 14.3 Å². The van der Waals surface area contributed by atoms with Crippen LogP contribution in [0.25, 0.3) is 0 Å². The van der Waals surface area contributed by atoms with E-state index in [0.717, 1.165) is 29.3 Å². The van der Waals surface area contributed by atoms with Crippen molar-refractivity contribution in [3.8, 4) is 11.5 Å². The van der Waals surface area contributed by atoms with E-state index in [1.807, 2.05) is 50.6 Å². The topological polar surface area (TPSA) is 65.4 Å². The molecule has 1 aromatic carbocycles. The Morgan fingerprint density at radius 1 is 1.48 bits per heavy atom. The van der Waals surface area contributed by atoms with Crippen molar-refractivity contribution in [3.05, 3.63) is 41.2 Å². The van der Waals surface area contributed by atoms with Crippen LogP contribution in [0.5, 0.6) is 11.5 Å². The third-order valence-electron chi connectivity index (χ3n) is 4.63. The normalized spacial score (nSPS) is 18.2. The van der Waals surface area contributed by atoms with E-state index in [2.05, 4.69) is 10.4 Å². The van der Waals surface area contributed by atoms with Gasteiger partial charge in [-0.05, 0) is 39.8 Å². The quantitative estimate of drug-likeness (QED) is 0.925. The highest BCUT2D eigenvalue weighted by atomic mass is 16.5. The number of fused-ring (bicyclic) bond motifs is 1. The lowest BCUT2D eigenvalue weighted by Gasteiger charge is -2.38. The Balaban J connectivity index is 1.89. The van der Waals surface area contributed by atoms with Crippen LogP contribution in [0.4, 0.5) is 0 Å². The number of aromatic nitrogens is 2. The first-order valence-corrected chi connectivity index (χ1v) is 8.55. The van der Waals surface area contributed by atoms with Crippen LogP contribution in [0.15, 0.2) is 24.4 Å². The summed E-state index contributed by atoms with van der Waals surface area (Å²) in [5, 5.41) is 7.41. The third kappa shape index (κ3) is 3.34. The van der Waals surface area contributed by atoms with Crippen molar-refractivity contribution in [2.24, 2.45) is 0 Å². The van der Waals surface area contributed by atoms with Gasteiger partial charge in [-0.25, -0.2) is 0 Å². The van der Waals surface area contributed by atoms with Gasteiger partial charge >= 0.3 is 0 Å². The highest BCUT2D eigenvalue weighted by Gasteiger charge is 2.35. The van der Waals surface area contributed by atoms with Crippen molar-refractivity contribution >= 4 is 5.91 Å². The molecule has 1 aliphatic rings. The minimum Gasteiger partial charge on any atom is -0.497 e. The molecule has 1 aliphatic heterocycles. The molecule has 3 rings (SSSR count). The summed E-state index contributed by atoms with van der Waals surface area (Å²) in [5.41, 5.74) is 2.08. The Bertz CT molecular complexity index is 795. The molecule has 0 fully saturated rings. The number of aryl methyl sites for hydroxylation is 1. The number of methoxy groups -OCH3 is 1. The highest BCUT2D eigenvalue weighted by molar-refractivity contribution is 5.95. The molecule has 1 atom stereocenters. The van der Waals surface area contributed by atoms with Gasteiger partial charge in [-0.3, -0.25) is 9.48 Å². The molecule has 1 amide bonds. The monoisotopic (exact) mass is 343 g/mol. The number of rotatable bonds is 4. The molecule has 0 saturated carbocycles. The zero-order chi connectivity index (χ0) is 18.2.